The van der Waals surface area contributed by atoms with Gasteiger partial charge in [0.25, 0.3) is 5.91 Å². The first-order valence-electron chi connectivity index (χ1n) is 7.74. The molecule has 2 aliphatic rings. The first-order valence-corrected chi connectivity index (χ1v) is 8.73. The largest absolute Gasteiger partial charge is 0.345 e. The lowest BCUT2D eigenvalue weighted by Crippen LogP contribution is -2.25. The van der Waals surface area contributed by atoms with Crippen molar-refractivity contribution in [3.05, 3.63) is 28.8 Å². The predicted octanol–water partition coefficient (Wildman–Crippen LogP) is 1.53. The molecular formula is C15H19N5OS. The number of aryl methyl sites for hydroxylation is 2. The Kier molecular flexibility index (Phi) is 3.44. The molecule has 22 heavy (non-hydrogen) atoms. The van der Waals surface area contributed by atoms with E-state index in [-0.39, 0.29) is 5.91 Å². The minimum Gasteiger partial charge on any atom is -0.345 e. The van der Waals surface area contributed by atoms with Crippen molar-refractivity contribution in [3.8, 4) is 0 Å². The molecule has 4 rings (SSSR count). The second-order valence-corrected chi connectivity index (χ2v) is 6.91. The van der Waals surface area contributed by atoms with Crippen LogP contribution in [0.15, 0.2) is 11.4 Å². The fourth-order valence-electron chi connectivity index (χ4n) is 3.26. The van der Waals surface area contributed by atoms with E-state index in [9.17, 15) is 4.79 Å². The third kappa shape index (κ3) is 2.33. The summed E-state index contributed by atoms with van der Waals surface area (Å²) in [4.78, 5) is 17.0. The summed E-state index contributed by atoms with van der Waals surface area (Å²) < 4.78 is 4.01. The maximum atomic E-state index is 12.5. The molecule has 2 aromatic rings. The average molecular weight is 317 g/mol. The van der Waals surface area contributed by atoms with E-state index in [1.165, 1.54) is 12.1 Å². The maximum Gasteiger partial charge on any atom is 0.272 e. The molecule has 1 aliphatic heterocycles. The second-order valence-electron chi connectivity index (χ2n) is 5.84. The molecule has 0 aromatic carbocycles. The molecule has 1 aliphatic carbocycles. The first kappa shape index (κ1) is 13.9. The van der Waals surface area contributed by atoms with Gasteiger partial charge in [-0.25, -0.2) is 4.98 Å². The summed E-state index contributed by atoms with van der Waals surface area (Å²) in [5.74, 6) is 1.01. The highest BCUT2D eigenvalue weighted by atomic mass is 32.2. The van der Waals surface area contributed by atoms with E-state index in [0.29, 0.717) is 12.2 Å². The summed E-state index contributed by atoms with van der Waals surface area (Å²) in [6.45, 7) is 1.47. The fraction of sp³-hybridized carbons (Fsp3) is 0.533. The van der Waals surface area contributed by atoms with Gasteiger partial charge in [-0.1, -0.05) is 11.8 Å². The van der Waals surface area contributed by atoms with Gasteiger partial charge in [-0.3, -0.25) is 9.48 Å². The Bertz CT molecular complexity index is 711. The minimum atomic E-state index is -0.0837. The van der Waals surface area contributed by atoms with Crippen LogP contribution in [0.1, 0.15) is 40.3 Å². The summed E-state index contributed by atoms with van der Waals surface area (Å²) in [5, 5.41) is 8.45. The first-order chi connectivity index (χ1) is 10.7. The van der Waals surface area contributed by atoms with Gasteiger partial charge < -0.3 is 9.88 Å². The van der Waals surface area contributed by atoms with Crippen LogP contribution in [0.2, 0.25) is 0 Å². The van der Waals surface area contributed by atoms with E-state index < -0.39 is 0 Å². The summed E-state index contributed by atoms with van der Waals surface area (Å²) in [5.41, 5.74) is 3.86. The van der Waals surface area contributed by atoms with Crippen molar-refractivity contribution in [2.24, 2.45) is 7.05 Å². The van der Waals surface area contributed by atoms with E-state index in [4.69, 9.17) is 0 Å². The van der Waals surface area contributed by atoms with Gasteiger partial charge in [0.05, 0.1) is 12.2 Å². The van der Waals surface area contributed by atoms with Crippen molar-refractivity contribution in [1.29, 1.82) is 0 Å². The monoisotopic (exact) mass is 317 g/mol. The Balaban J connectivity index is 1.48. The Morgan fingerprint density at radius 2 is 2.27 bits per heavy atom. The zero-order valence-electron chi connectivity index (χ0n) is 12.6. The molecule has 0 bridgehead atoms. The molecule has 0 unspecified atom stereocenters. The van der Waals surface area contributed by atoms with Crippen molar-refractivity contribution >= 4 is 17.7 Å². The Morgan fingerprint density at radius 1 is 1.41 bits per heavy atom. The topological polar surface area (TPSA) is 64.7 Å². The summed E-state index contributed by atoms with van der Waals surface area (Å²) >= 11 is 1.76. The van der Waals surface area contributed by atoms with Crippen LogP contribution in [0, 0.1) is 0 Å². The summed E-state index contributed by atoms with van der Waals surface area (Å²) in [6.07, 6.45) is 6.34. The number of thioether (sulfide) groups is 1. The van der Waals surface area contributed by atoms with Crippen LogP contribution in [-0.4, -0.2) is 31.0 Å². The van der Waals surface area contributed by atoms with Crippen LogP contribution in [0.4, 0.5) is 0 Å². The third-order valence-electron chi connectivity index (χ3n) is 4.36. The number of hydrogen-bond acceptors (Lipinski definition) is 4. The highest BCUT2D eigenvalue weighted by molar-refractivity contribution is 7.99. The molecule has 7 heteroatoms. The molecule has 1 amide bonds. The summed E-state index contributed by atoms with van der Waals surface area (Å²) in [6, 6.07) is 0. The van der Waals surface area contributed by atoms with Gasteiger partial charge in [0.2, 0.25) is 0 Å². The molecule has 0 spiro atoms. The van der Waals surface area contributed by atoms with Crippen LogP contribution in [0.25, 0.3) is 0 Å². The number of fused-ring (bicyclic) bond motifs is 2. The van der Waals surface area contributed by atoms with Crippen LogP contribution in [-0.2, 0) is 33.0 Å². The highest BCUT2D eigenvalue weighted by Crippen LogP contribution is 2.25. The Labute approximate surface area is 133 Å². The van der Waals surface area contributed by atoms with Crippen molar-refractivity contribution in [2.75, 3.05) is 5.75 Å². The number of carbonyl (C=O) groups is 1. The predicted molar refractivity (Wildman–Crippen MR) is 84.0 cm³/mol. The zero-order valence-corrected chi connectivity index (χ0v) is 13.4. The number of carbonyl (C=O) groups excluding carboxylic acids is 1. The second kappa shape index (κ2) is 5.46. The van der Waals surface area contributed by atoms with Gasteiger partial charge in [0, 0.05) is 36.8 Å². The fourth-order valence-corrected chi connectivity index (χ4v) is 4.22. The molecule has 6 nitrogen and oxygen atoms in total. The maximum absolute atomic E-state index is 12.5. The molecule has 0 fully saturated rings. The quantitative estimate of drug-likeness (QED) is 0.932. The number of rotatable bonds is 3. The van der Waals surface area contributed by atoms with E-state index in [1.54, 1.807) is 11.8 Å². The molecule has 3 heterocycles. The van der Waals surface area contributed by atoms with Crippen LogP contribution in [0.5, 0.6) is 0 Å². The van der Waals surface area contributed by atoms with Crippen LogP contribution < -0.4 is 5.32 Å². The van der Waals surface area contributed by atoms with Gasteiger partial charge in [0.15, 0.2) is 10.9 Å². The molecular weight excluding hydrogens is 298 g/mol. The normalized spacial score (nSPS) is 16.4. The van der Waals surface area contributed by atoms with Gasteiger partial charge in [-0.05, 0) is 25.7 Å². The van der Waals surface area contributed by atoms with E-state index in [0.717, 1.165) is 48.0 Å². The highest BCUT2D eigenvalue weighted by Gasteiger charge is 2.24. The molecule has 0 radical (unpaired) electrons. The van der Waals surface area contributed by atoms with Gasteiger partial charge >= 0.3 is 0 Å². The van der Waals surface area contributed by atoms with Gasteiger partial charge in [-0.15, -0.1) is 0 Å². The number of aromatic nitrogens is 4. The smallest absolute Gasteiger partial charge is 0.272 e. The number of imidazole rings is 1. The van der Waals surface area contributed by atoms with Crippen molar-refractivity contribution in [2.45, 2.75) is 43.9 Å². The lowest BCUT2D eigenvalue weighted by atomic mass is 9.95. The Morgan fingerprint density at radius 3 is 3.14 bits per heavy atom. The molecule has 1 N–H and O–H groups in total. The molecule has 116 valence electrons. The van der Waals surface area contributed by atoms with Crippen LogP contribution >= 0.6 is 11.8 Å². The van der Waals surface area contributed by atoms with E-state index in [2.05, 4.69) is 20.0 Å². The SMILES string of the molecule is Cn1nc(C(=O)NCc2cn3c(n2)SCC3)c2c1CCCC2. The zero-order chi connectivity index (χ0) is 15.1. The van der Waals surface area contributed by atoms with E-state index in [1.807, 2.05) is 17.9 Å². The molecule has 0 atom stereocenters. The van der Waals surface area contributed by atoms with E-state index >= 15 is 0 Å². The lowest BCUT2D eigenvalue weighted by Gasteiger charge is -2.12. The summed E-state index contributed by atoms with van der Waals surface area (Å²) in [7, 11) is 1.93. The van der Waals surface area contributed by atoms with Crippen LogP contribution in [0.3, 0.4) is 0 Å². The standard InChI is InChI=1S/C15H19N5OS/c1-19-12-5-3-2-4-11(12)13(18-19)14(21)16-8-10-9-20-6-7-22-15(20)17-10/h9H,2-8H2,1H3,(H,16,21). The number of amides is 1. The van der Waals surface area contributed by atoms with Gasteiger partial charge in [-0.2, -0.15) is 5.10 Å². The lowest BCUT2D eigenvalue weighted by molar-refractivity contribution is 0.0943. The average Bonchev–Trinajstić information content (AvgIpc) is 3.19. The van der Waals surface area contributed by atoms with Gasteiger partial charge in [0.1, 0.15) is 0 Å². The number of hydrogen-bond donors (Lipinski definition) is 1. The van der Waals surface area contributed by atoms with Crippen molar-refractivity contribution in [3.63, 3.8) is 0 Å². The minimum absolute atomic E-state index is 0.0837. The molecule has 0 saturated carbocycles. The molecule has 2 aromatic heterocycles. The number of nitrogens with one attached hydrogen (secondary N) is 1. The molecule has 0 saturated heterocycles. The third-order valence-corrected chi connectivity index (χ3v) is 5.33. The van der Waals surface area contributed by atoms with Crippen molar-refractivity contribution < 1.29 is 4.79 Å². The Hall–Kier alpha value is -1.76. The van der Waals surface area contributed by atoms with Crippen molar-refractivity contribution in [1.82, 2.24) is 24.6 Å². The number of nitrogens with zero attached hydrogens (tertiary/aromatic N) is 4.